The smallest absolute Gasteiger partial charge is 0.293 e. The first kappa shape index (κ1) is 21.7. The summed E-state index contributed by atoms with van der Waals surface area (Å²) in [5.41, 5.74) is 3.63. The number of benzene rings is 2. The van der Waals surface area contributed by atoms with Crippen LogP contribution in [-0.2, 0) is 13.0 Å². The maximum Gasteiger partial charge on any atom is 0.293 e. The average molecular weight is 438 g/mol. The number of carbonyl (C=O) groups excluding carboxylic acids is 1. The van der Waals surface area contributed by atoms with E-state index in [1.54, 1.807) is 45.3 Å². The summed E-state index contributed by atoms with van der Waals surface area (Å²) >= 11 is 0. The normalized spacial score (nSPS) is 14.0. The summed E-state index contributed by atoms with van der Waals surface area (Å²) in [6, 6.07) is 11.1. The predicted molar refractivity (Wildman–Crippen MR) is 117 cm³/mol. The number of fused-ring (bicyclic) bond motifs is 1. The van der Waals surface area contributed by atoms with Gasteiger partial charge >= 0.3 is 0 Å². The van der Waals surface area contributed by atoms with Crippen molar-refractivity contribution in [1.82, 2.24) is 10.1 Å². The lowest BCUT2D eigenvalue weighted by molar-refractivity contribution is 0.0684. The molecule has 32 heavy (non-hydrogen) atoms. The van der Waals surface area contributed by atoms with Crippen LogP contribution in [0.5, 0.6) is 17.2 Å². The van der Waals surface area contributed by atoms with Gasteiger partial charge in [-0.2, -0.15) is 0 Å². The summed E-state index contributed by atoms with van der Waals surface area (Å²) in [6.07, 6.45) is -0.260. The number of hydrogen-bond acceptors (Lipinski definition) is 7. The van der Waals surface area contributed by atoms with E-state index in [9.17, 15) is 9.90 Å². The number of aromatic nitrogens is 1. The minimum absolute atomic E-state index is 0.0507. The lowest BCUT2D eigenvalue weighted by Gasteiger charge is -2.29. The second-order valence-corrected chi connectivity index (χ2v) is 7.63. The highest BCUT2D eigenvalue weighted by molar-refractivity contribution is 5.95. The van der Waals surface area contributed by atoms with Crippen LogP contribution >= 0.6 is 0 Å². The van der Waals surface area contributed by atoms with Gasteiger partial charge in [-0.25, -0.2) is 0 Å². The van der Waals surface area contributed by atoms with Gasteiger partial charge in [0.25, 0.3) is 5.91 Å². The van der Waals surface area contributed by atoms with E-state index in [2.05, 4.69) is 5.16 Å². The third-order valence-electron chi connectivity index (χ3n) is 5.71. The van der Waals surface area contributed by atoms with Crippen LogP contribution in [0.1, 0.15) is 40.3 Å². The van der Waals surface area contributed by atoms with Crippen molar-refractivity contribution in [3.8, 4) is 28.5 Å². The Balaban J connectivity index is 1.64. The molecule has 0 aliphatic carbocycles. The fourth-order valence-electron chi connectivity index (χ4n) is 4.00. The molecule has 8 nitrogen and oxygen atoms in total. The second-order valence-electron chi connectivity index (χ2n) is 7.63. The van der Waals surface area contributed by atoms with E-state index in [0.29, 0.717) is 48.0 Å². The monoisotopic (exact) mass is 438 g/mol. The standard InChI is InChI=1S/C24H26N2O6/c1-14(27)21-22(15-5-7-18(29-2)8-6-15)25-32-23(21)24(28)26-10-9-16-11-19(30-3)20(31-4)12-17(16)13-26/h5-8,11-12,14,27H,9-10,13H2,1-4H3. The third-order valence-corrected chi connectivity index (χ3v) is 5.71. The lowest BCUT2D eigenvalue weighted by atomic mass is 9.97. The number of carbonyl (C=O) groups is 1. The molecule has 0 radical (unpaired) electrons. The molecule has 3 aromatic rings. The van der Waals surface area contributed by atoms with Crippen LogP contribution in [-0.4, -0.2) is 48.9 Å². The minimum atomic E-state index is -0.932. The van der Waals surface area contributed by atoms with Crippen LogP contribution < -0.4 is 14.2 Å². The number of rotatable bonds is 6. The number of amides is 1. The Kier molecular flexibility index (Phi) is 6.05. The maximum atomic E-state index is 13.4. The minimum Gasteiger partial charge on any atom is -0.497 e. The molecule has 1 amide bonds. The zero-order chi connectivity index (χ0) is 22.8. The molecule has 1 aliphatic rings. The average Bonchev–Trinajstić information content (AvgIpc) is 3.27. The first-order chi connectivity index (χ1) is 15.5. The Morgan fingerprint density at radius 3 is 2.31 bits per heavy atom. The van der Waals surface area contributed by atoms with Gasteiger partial charge < -0.3 is 28.7 Å². The van der Waals surface area contributed by atoms with Crippen molar-refractivity contribution < 1.29 is 28.6 Å². The van der Waals surface area contributed by atoms with E-state index in [1.807, 2.05) is 24.3 Å². The quantitative estimate of drug-likeness (QED) is 0.628. The largest absolute Gasteiger partial charge is 0.497 e. The van der Waals surface area contributed by atoms with Crippen LogP contribution in [0, 0.1) is 0 Å². The van der Waals surface area contributed by atoms with Gasteiger partial charge in [0.05, 0.1) is 33.0 Å². The molecule has 1 aromatic heterocycles. The van der Waals surface area contributed by atoms with E-state index < -0.39 is 6.10 Å². The fraction of sp³-hybridized carbons (Fsp3) is 0.333. The van der Waals surface area contributed by atoms with Crippen molar-refractivity contribution in [2.75, 3.05) is 27.9 Å². The molecule has 2 aromatic carbocycles. The first-order valence-corrected chi connectivity index (χ1v) is 10.3. The van der Waals surface area contributed by atoms with E-state index in [0.717, 1.165) is 16.7 Å². The van der Waals surface area contributed by atoms with Gasteiger partial charge in [-0.05, 0) is 60.9 Å². The molecule has 1 aliphatic heterocycles. The number of nitrogens with zero attached hydrogens (tertiary/aromatic N) is 2. The van der Waals surface area contributed by atoms with E-state index in [1.165, 1.54) is 0 Å². The topological polar surface area (TPSA) is 94.3 Å². The van der Waals surface area contributed by atoms with Crippen molar-refractivity contribution in [2.45, 2.75) is 26.0 Å². The zero-order valence-corrected chi connectivity index (χ0v) is 18.5. The Morgan fingerprint density at radius 1 is 1.06 bits per heavy atom. The molecule has 0 spiro atoms. The lowest BCUT2D eigenvalue weighted by Crippen LogP contribution is -2.36. The van der Waals surface area contributed by atoms with Crippen LogP contribution in [0.25, 0.3) is 11.3 Å². The number of aliphatic hydroxyl groups excluding tert-OH is 1. The van der Waals surface area contributed by atoms with Gasteiger partial charge in [-0.15, -0.1) is 0 Å². The van der Waals surface area contributed by atoms with E-state index in [-0.39, 0.29) is 11.7 Å². The molecule has 168 valence electrons. The number of hydrogen-bond donors (Lipinski definition) is 1. The Morgan fingerprint density at radius 2 is 1.72 bits per heavy atom. The van der Waals surface area contributed by atoms with Crippen molar-refractivity contribution in [2.24, 2.45) is 0 Å². The molecule has 8 heteroatoms. The SMILES string of the molecule is COc1ccc(-c2noc(C(=O)N3CCc4cc(OC)c(OC)cc4C3)c2C(C)O)cc1. The Hall–Kier alpha value is -3.52. The van der Waals surface area contributed by atoms with Gasteiger partial charge in [0.2, 0.25) is 5.76 Å². The molecule has 1 unspecified atom stereocenters. The van der Waals surface area contributed by atoms with Crippen molar-refractivity contribution >= 4 is 5.91 Å². The van der Waals surface area contributed by atoms with Crippen LogP contribution in [0.2, 0.25) is 0 Å². The van der Waals surface area contributed by atoms with Crippen LogP contribution in [0.4, 0.5) is 0 Å². The van der Waals surface area contributed by atoms with Crippen molar-refractivity contribution in [1.29, 1.82) is 0 Å². The molecule has 0 saturated heterocycles. The second kappa shape index (κ2) is 8.92. The first-order valence-electron chi connectivity index (χ1n) is 10.3. The molecule has 0 fully saturated rings. The molecule has 1 N–H and O–H groups in total. The maximum absolute atomic E-state index is 13.4. The van der Waals surface area contributed by atoms with Crippen molar-refractivity contribution in [3.63, 3.8) is 0 Å². The van der Waals surface area contributed by atoms with Crippen molar-refractivity contribution in [3.05, 3.63) is 58.8 Å². The predicted octanol–water partition coefficient (Wildman–Crippen LogP) is 3.62. The Bertz CT molecular complexity index is 1120. The molecule has 2 heterocycles. The Labute approximate surface area is 186 Å². The number of methoxy groups -OCH3 is 3. The molecular formula is C24H26N2O6. The number of ether oxygens (including phenoxy) is 3. The van der Waals surface area contributed by atoms with Gasteiger partial charge in [-0.1, -0.05) is 5.16 Å². The van der Waals surface area contributed by atoms with Crippen LogP contribution in [0.15, 0.2) is 40.9 Å². The molecule has 0 saturated carbocycles. The fourth-order valence-corrected chi connectivity index (χ4v) is 4.00. The molecular weight excluding hydrogens is 412 g/mol. The summed E-state index contributed by atoms with van der Waals surface area (Å²) < 4.78 is 21.5. The van der Waals surface area contributed by atoms with Gasteiger partial charge in [0.1, 0.15) is 11.4 Å². The number of aliphatic hydroxyl groups is 1. The molecule has 0 bridgehead atoms. The van der Waals surface area contributed by atoms with Gasteiger partial charge in [0, 0.05) is 18.7 Å². The molecule has 4 rings (SSSR count). The highest BCUT2D eigenvalue weighted by Crippen LogP contribution is 2.35. The summed E-state index contributed by atoms with van der Waals surface area (Å²) in [5.74, 6) is 1.72. The summed E-state index contributed by atoms with van der Waals surface area (Å²) in [7, 11) is 4.77. The summed E-state index contributed by atoms with van der Waals surface area (Å²) in [4.78, 5) is 15.1. The molecule has 1 atom stereocenters. The van der Waals surface area contributed by atoms with Crippen LogP contribution in [0.3, 0.4) is 0 Å². The summed E-state index contributed by atoms with van der Waals surface area (Å²) in [5, 5.41) is 14.6. The van der Waals surface area contributed by atoms with Gasteiger partial charge in [0.15, 0.2) is 11.5 Å². The summed E-state index contributed by atoms with van der Waals surface area (Å²) in [6.45, 7) is 2.50. The van der Waals surface area contributed by atoms with E-state index in [4.69, 9.17) is 18.7 Å². The third kappa shape index (κ3) is 3.89. The van der Waals surface area contributed by atoms with E-state index >= 15 is 0 Å². The van der Waals surface area contributed by atoms with Gasteiger partial charge in [-0.3, -0.25) is 4.79 Å². The highest BCUT2D eigenvalue weighted by atomic mass is 16.5. The zero-order valence-electron chi connectivity index (χ0n) is 18.5. The highest BCUT2D eigenvalue weighted by Gasteiger charge is 2.31.